The van der Waals surface area contributed by atoms with Gasteiger partial charge in [-0.05, 0) is 12.1 Å². The lowest BCUT2D eigenvalue weighted by molar-refractivity contribution is -0.384. The van der Waals surface area contributed by atoms with Crippen molar-refractivity contribution < 1.29 is 14.8 Å². The number of carboxylic acid groups (broad SMARTS) is 1. The van der Waals surface area contributed by atoms with E-state index in [9.17, 15) is 14.9 Å². The first-order valence-electron chi connectivity index (χ1n) is 4.18. The Hall–Kier alpha value is -2.51. The number of aliphatic carboxylic acids is 1. The first kappa shape index (κ1) is 11.6. The molecule has 0 aliphatic rings. The Morgan fingerprint density at radius 2 is 2.06 bits per heavy atom. The zero-order valence-electron chi connectivity index (χ0n) is 8.03. The minimum absolute atomic E-state index is 0.0342. The predicted molar refractivity (Wildman–Crippen MR) is 54.1 cm³/mol. The zero-order valence-corrected chi connectivity index (χ0v) is 8.03. The van der Waals surface area contributed by atoms with Crippen LogP contribution < -0.4 is 5.43 Å². The van der Waals surface area contributed by atoms with Gasteiger partial charge in [0.2, 0.25) is 0 Å². The van der Waals surface area contributed by atoms with Crippen LogP contribution in [-0.4, -0.2) is 22.5 Å². The summed E-state index contributed by atoms with van der Waals surface area (Å²) in [4.78, 5) is 19.9. The molecule has 8 nitrogen and oxygen atoms in total. The quantitative estimate of drug-likeness (QED) is 0.446. The SMILES string of the molecule is O=C(O)CN=NNc1ccc([N+](=O)[O-])cc1. The lowest BCUT2D eigenvalue weighted by Gasteiger charge is -1.97. The van der Waals surface area contributed by atoms with Gasteiger partial charge in [0.1, 0.15) is 0 Å². The van der Waals surface area contributed by atoms with Crippen LogP contribution in [0.15, 0.2) is 34.6 Å². The van der Waals surface area contributed by atoms with E-state index in [-0.39, 0.29) is 5.69 Å². The van der Waals surface area contributed by atoms with Gasteiger partial charge in [0.25, 0.3) is 5.69 Å². The summed E-state index contributed by atoms with van der Waals surface area (Å²) < 4.78 is 0. The third kappa shape index (κ3) is 3.70. The lowest BCUT2D eigenvalue weighted by atomic mass is 10.3. The zero-order chi connectivity index (χ0) is 12.0. The van der Waals surface area contributed by atoms with Crippen molar-refractivity contribution in [3.8, 4) is 0 Å². The van der Waals surface area contributed by atoms with Gasteiger partial charge < -0.3 is 5.11 Å². The molecule has 0 aliphatic heterocycles. The predicted octanol–water partition coefficient (Wildman–Crippen LogP) is 1.46. The molecule has 0 heterocycles. The van der Waals surface area contributed by atoms with Gasteiger partial charge in [-0.1, -0.05) is 5.22 Å². The molecule has 0 aliphatic carbocycles. The van der Waals surface area contributed by atoms with E-state index in [1.807, 2.05) is 0 Å². The maximum atomic E-state index is 10.3. The van der Waals surface area contributed by atoms with Crippen LogP contribution in [0.4, 0.5) is 11.4 Å². The van der Waals surface area contributed by atoms with E-state index in [1.54, 1.807) is 0 Å². The van der Waals surface area contributed by atoms with Gasteiger partial charge in [-0.2, -0.15) is 5.11 Å². The van der Waals surface area contributed by atoms with E-state index in [0.29, 0.717) is 5.69 Å². The number of carboxylic acids is 1. The van der Waals surface area contributed by atoms with Gasteiger partial charge in [-0.15, -0.1) is 0 Å². The van der Waals surface area contributed by atoms with E-state index in [1.165, 1.54) is 24.3 Å². The average molecular weight is 224 g/mol. The molecule has 0 unspecified atom stereocenters. The number of benzene rings is 1. The highest BCUT2D eigenvalue weighted by Gasteiger charge is 2.02. The van der Waals surface area contributed by atoms with Crippen LogP contribution in [-0.2, 0) is 4.79 Å². The molecular weight excluding hydrogens is 216 g/mol. The van der Waals surface area contributed by atoms with Crippen molar-refractivity contribution in [3.05, 3.63) is 34.4 Å². The molecule has 84 valence electrons. The van der Waals surface area contributed by atoms with Gasteiger partial charge >= 0.3 is 5.97 Å². The summed E-state index contributed by atoms with van der Waals surface area (Å²) in [7, 11) is 0. The van der Waals surface area contributed by atoms with E-state index in [4.69, 9.17) is 5.11 Å². The number of carbonyl (C=O) groups is 1. The molecule has 0 saturated heterocycles. The second-order valence-corrected chi connectivity index (χ2v) is 2.71. The van der Waals surface area contributed by atoms with Crippen molar-refractivity contribution >= 4 is 17.3 Å². The van der Waals surface area contributed by atoms with Gasteiger partial charge in [0, 0.05) is 12.1 Å². The molecule has 2 N–H and O–H groups in total. The monoisotopic (exact) mass is 224 g/mol. The smallest absolute Gasteiger partial charge is 0.327 e. The van der Waals surface area contributed by atoms with Crippen LogP contribution in [0.1, 0.15) is 0 Å². The fraction of sp³-hybridized carbons (Fsp3) is 0.125. The molecule has 0 atom stereocenters. The number of hydrogen-bond acceptors (Lipinski definition) is 5. The van der Waals surface area contributed by atoms with Gasteiger partial charge in [0.05, 0.1) is 10.6 Å². The Bertz CT molecular complexity index is 415. The van der Waals surface area contributed by atoms with Crippen molar-refractivity contribution in [3.63, 3.8) is 0 Å². The molecule has 0 aromatic heterocycles. The van der Waals surface area contributed by atoms with E-state index < -0.39 is 17.4 Å². The number of hydrogen-bond donors (Lipinski definition) is 2. The number of anilines is 1. The van der Waals surface area contributed by atoms with Crippen LogP contribution in [0, 0.1) is 10.1 Å². The number of nitro groups is 1. The summed E-state index contributed by atoms with van der Waals surface area (Å²) in [6.07, 6.45) is 0. The van der Waals surface area contributed by atoms with Crippen molar-refractivity contribution in [1.29, 1.82) is 0 Å². The fourth-order valence-corrected chi connectivity index (χ4v) is 0.847. The van der Waals surface area contributed by atoms with Crippen LogP contribution in [0.5, 0.6) is 0 Å². The lowest BCUT2D eigenvalue weighted by Crippen LogP contribution is -1.99. The summed E-state index contributed by atoms with van der Waals surface area (Å²) in [6.45, 7) is -0.431. The largest absolute Gasteiger partial charge is 0.480 e. The molecule has 1 aromatic rings. The summed E-state index contributed by atoms with van der Waals surface area (Å²) in [6, 6.07) is 5.49. The standard InChI is InChI=1S/C8H8N4O4/c13-8(14)5-9-11-10-6-1-3-7(4-2-6)12(15)16/h1-4H,5H2,(H,9,10)(H,13,14). The average Bonchev–Trinajstić information content (AvgIpc) is 2.25. The molecular formula is C8H8N4O4. The Kier molecular flexibility index (Phi) is 3.90. The highest BCUT2D eigenvalue weighted by Crippen LogP contribution is 2.15. The molecule has 0 saturated carbocycles. The number of rotatable bonds is 5. The Balaban J connectivity index is 2.52. The van der Waals surface area contributed by atoms with E-state index >= 15 is 0 Å². The summed E-state index contributed by atoms with van der Waals surface area (Å²) >= 11 is 0. The maximum Gasteiger partial charge on any atom is 0.327 e. The van der Waals surface area contributed by atoms with Crippen LogP contribution >= 0.6 is 0 Å². The summed E-state index contributed by atoms with van der Waals surface area (Å²) in [5.74, 6) is -1.09. The minimum Gasteiger partial charge on any atom is -0.480 e. The normalized spacial score (nSPS) is 10.2. The van der Waals surface area contributed by atoms with E-state index in [0.717, 1.165) is 0 Å². The maximum absolute atomic E-state index is 10.3. The molecule has 0 bridgehead atoms. The third-order valence-corrected chi connectivity index (χ3v) is 1.53. The molecule has 0 radical (unpaired) electrons. The third-order valence-electron chi connectivity index (χ3n) is 1.53. The molecule has 8 heteroatoms. The van der Waals surface area contributed by atoms with Crippen molar-refractivity contribution in [2.75, 3.05) is 12.0 Å². The van der Waals surface area contributed by atoms with Crippen molar-refractivity contribution in [2.45, 2.75) is 0 Å². The molecule has 16 heavy (non-hydrogen) atoms. The Morgan fingerprint density at radius 3 is 2.56 bits per heavy atom. The highest BCUT2D eigenvalue weighted by atomic mass is 16.6. The molecule has 0 amide bonds. The Labute approximate surface area is 89.7 Å². The van der Waals surface area contributed by atoms with Crippen LogP contribution in [0.3, 0.4) is 0 Å². The van der Waals surface area contributed by atoms with Crippen molar-refractivity contribution in [2.24, 2.45) is 10.3 Å². The molecule has 1 aromatic carbocycles. The molecule has 0 fully saturated rings. The van der Waals surface area contributed by atoms with Crippen LogP contribution in [0.25, 0.3) is 0 Å². The number of non-ortho nitro benzene ring substituents is 1. The molecule has 1 rings (SSSR count). The first-order valence-corrected chi connectivity index (χ1v) is 4.18. The highest BCUT2D eigenvalue weighted by molar-refractivity contribution is 5.69. The van der Waals surface area contributed by atoms with E-state index in [2.05, 4.69) is 15.8 Å². The summed E-state index contributed by atoms with van der Waals surface area (Å²) in [5.41, 5.74) is 2.89. The summed E-state index contributed by atoms with van der Waals surface area (Å²) in [5, 5.41) is 25.3. The second-order valence-electron chi connectivity index (χ2n) is 2.71. The molecule has 0 spiro atoms. The Morgan fingerprint density at radius 1 is 1.44 bits per heavy atom. The van der Waals surface area contributed by atoms with Gasteiger partial charge in [-0.25, -0.2) is 0 Å². The topological polar surface area (TPSA) is 117 Å². The first-order chi connectivity index (χ1) is 7.59. The van der Waals surface area contributed by atoms with Crippen LogP contribution in [0.2, 0.25) is 0 Å². The fourth-order valence-electron chi connectivity index (χ4n) is 0.847. The number of nitrogens with zero attached hydrogens (tertiary/aromatic N) is 3. The number of nitrogens with one attached hydrogen (secondary N) is 1. The van der Waals surface area contributed by atoms with Gasteiger partial charge in [-0.3, -0.25) is 20.3 Å². The van der Waals surface area contributed by atoms with Crippen molar-refractivity contribution in [1.82, 2.24) is 0 Å². The second kappa shape index (κ2) is 5.39. The minimum atomic E-state index is -1.09. The van der Waals surface area contributed by atoms with Gasteiger partial charge in [0.15, 0.2) is 6.54 Å². The number of nitro benzene ring substituents is 1.